The van der Waals surface area contributed by atoms with Crippen molar-refractivity contribution in [3.63, 3.8) is 0 Å². The van der Waals surface area contributed by atoms with Crippen LogP contribution >= 0.6 is 23.1 Å². The van der Waals surface area contributed by atoms with Crippen LogP contribution in [0.3, 0.4) is 0 Å². The minimum absolute atomic E-state index is 0.719. The molecule has 2 unspecified atom stereocenters. The van der Waals surface area contributed by atoms with E-state index < -0.39 is 0 Å². The van der Waals surface area contributed by atoms with Gasteiger partial charge in [0, 0.05) is 22.9 Å². The highest BCUT2D eigenvalue weighted by Crippen LogP contribution is 2.28. The average molecular weight is 242 g/mol. The molecule has 1 aliphatic rings. The lowest BCUT2D eigenvalue weighted by atomic mass is 9.99. The van der Waals surface area contributed by atoms with E-state index in [1.54, 1.807) is 11.3 Å². The van der Waals surface area contributed by atoms with Crippen LogP contribution in [0.15, 0.2) is 11.7 Å². The van der Waals surface area contributed by atoms with Crippen LogP contribution in [0.5, 0.6) is 0 Å². The smallest absolute Gasteiger partial charge is 0.0794 e. The lowest BCUT2D eigenvalue weighted by Gasteiger charge is -2.19. The van der Waals surface area contributed by atoms with Gasteiger partial charge in [0.05, 0.1) is 5.51 Å². The topological polar surface area (TPSA) is 24.9 Å². The highest BCUT2D eigenvalue weighted by atomic mass is 32.2. The first-order chi connectivity index (χ1) is 7.40. The molecule has 0 spiro atoms. The van der Waals surface area contributed by atoms with Gasteiger partial charge >= 0.3 is 0 Å². The number of thioether (sulfide) groups is 1. The number of hydrogen-bond donors (Lipinski definition) is 1. The average Bonchev–Trinajstić information content (AvgIpc) is 2.87. The standard InChI is InChI=1S/C11H18N2S2/c1-2-3-13-11-7-14-6-9(11)4-10-5-12-8-15-10/h5,8-9,11,13H,2-4,6-7H2,1H3. The van der Waals surface area contributed by atoms with Crippen LogP contribution in [0.4, 0.5) is 0 Å². The predicted octanol–water partition coefficient (Wildman–Crippen LogP) is 2.42. The van der Waals surface area contributed by atoms with Gasteiger partial charge in [-0.05, 0) is 31.1 Å². The quantitative estimate of drug-likeness (QED) is 0.858. The number of thiazole rings is 1. The van der Waals surface area contributed by atoms with Crippen molar-refractivity contribution in [2.75, 3.05) is 18.1 Å². The molecule has 2 heterocycles. The zero-order chi connectivity index (χ0) is 10.5. The third kappa shape index (κ3) is 3.20. The molecule has 0 aromatic carbocycles. The molecule has 4 heteroatoms. The molecule has 2 atom stereocenters. The zero-order valence-electron chi connectivity index (χ0n) is 9.11. The lowest BCUT2D eigenvalue weighted by Crippen LogP contribution is -2.36. The summed E-state index contributed by atoms with van der Waals surface area (Å²) in [6.45, 7) is 3.39. The number of nitrogens with one attached hydrogen (secondary N) is 1. The van der Waals surface area contributed by atoms with Gasteiger partial charge in [-0.1, -0.05) is 6.92 Å². The maximum atomic E-state index is 4.14. The summed E-state index contributed by atoms with van der Waals surface area (Å²) in [6.07, 6.45) is 4.46. The summed E-state index contributed by atoms with van der Waals surface area (Å²) in [7, 11) is 0. The molecule has 1 fully saturated rings. The van der Waals surface area contributed by atoms with Crippen molar-refractivity contribution in [3.05, 3.63) is 16.6 Å². The second-order valence-electron chi connectivity index (χ2n) is 4.03. The molecule has 0 amide bonds. The summed E-state index contributed by atoms with van der Waals surface area (Å²) in [5.41, 5.74) is 1.94. The van der Waals surface area contributed by atoms with Gasteiger partial charge < -0.3 is 5.32 Å². The van der Waals surface area contributed by atoms with Gasteiger partial charge in [0.15, 0.2) is 0 Å². The monoisotopic (exact) mass is 242 g/mol. The Hall–Kier alpha value is -0.0600. The molecule has 2 rings (SSSR count). The van der Waals surface area contributed by atoms with Crippen molar-refractivity contribution in [1.29, 1.82) is 0 Å². The first-order valence-corrected chi connectivity index (χ1v) is 7.62. The van der Waals surface area contributed by atoms with Crippen LogP contribution in [-0.4, -0.2) is 29.1 Å². The summed E-state index contributed by atoms with van der Waals surface area (Å²) < 4.78 is 0. The Morgan fingerprint density at radius 3 is 3.20 bits per heavy atom. The van der Waals surface area contributed by atoms with Crippen LogP contribution in [0, 0.1) is 5.92 Å². The van der Waals surface area contributed by atoms with E-state index in [-0.39, 0.29) is 0 Å². The van der Waals surface area contributed by atoms with Crippen molar-refractivity contribution in [2.24, 2.45) is 5.92 Å². The normalized spacial score (nSPS) is 25.9. The van der Waals surface area contributed by atoms with E-state index in [0.717, 1.165) is 18.5 Å². The molecule has 0 radical (unpaired) electrons. The molecular formula is C11H18N2S2. The molecule has 0 saturated carbocycles. The van der Waals surface area contributed by atoms with Crippen LogP contribution in [0.1, 0.15) is 18.2 Å². The van der Waals surface area contributed by atoms with Gasteiger partial charge in [-0.25, -0.2) is 0 Å². The van der Waals surface area contributed by atoms with Crippen LogP contribution < -0.4 is 5.32 Å². The summed E-state index contributed by atoms with van der Waals surface area (Å²) in [6, 6.07) is 0.719. The van der Waals surface area contributed by atoms with Gasteiger partial charge in [-0.3, -0.25) is 4.98 Å². The number of aromatic nitrogens is 1. The predicted molar refractivity (Wildman–Crippen MR) is 68.7 cm³/mol. The van der Waals surface area contributed by atoms with Gasteiger partial charge in [0.2, 0.25) is 0 Å². The van der Waals surface area contributed by atoms with E-state index in [1.807, 2.05) is 11.7 Å². The third-order valence-electron chi connectivity index (χ3n) is 2.80. The SMILES string of the molecule is CCCNC1CSCC1Cc1cncs1. The maximum Gasteiger partial charge on any atom is 0.0794 e. The molecule has 1 aromatic heterocycles. The van der Waals surface area contributed by atoms with E-state index >= 15 is 0 Å². The minimum Gasteiger partial charge on any atom is -0.313 e. The van der Waals surface area contributed by atoms with E-state index in [2.05, 4.69) is 29.0 Å². The maximum absolute atomic E-state index is 4.14. The van der Waals surface area contributed by atoms with Gasteiger partial charge in [-0.2, -0.15) is 11.8 Å². The lowest BCUT2D eigenvalue weighted by molar-refractivity contribution is 0.427. The van der Waals surface area contributed by atoms with Crippen molar-refractivity contribution in [3.8, 4) is 0 Å². The van der Waals surface area contributed by atoms with Gasteiger partial charge in [0.25, 0.3) is 0 Å². The van der Waals surface area contributed by atoms with Crippen molar-refractivity contribution in [1.82, 2.24) is 10.3 Å². The van der Waals surface area contributed by atoms with E-state index in [4.69, 9.17) is 0 Å². The molecule has 1 aliphatic heterocycles. The molecule has 0 aliphatic carbocycles. The van der Waals surface area contributed by atoms with Crippen molar-refractivity contribution >= 4 is 23.1 Å². The Bertz CT molecular complexity index is 274. The number of nitrogens with zero attached hydrogens (tertiary/aromatic N) is 1. The van der Waals surface area contributed by atoms with E-state index in [1.165, 1.54) is 29.2 Å². The Morgan fingerprint density at radius 2 is 2.47 bits per heavy atom. The number of rotatable bonds is 5. The van der Waals surface area contributed by atoms with Crippen LogP contribution in [0.2, 0.25) is 0 Å². The summed E-state index contributed by atoms with van der Waals surface area (Å²) >= 11 is 3.87. The first-order valence-electron chi connectivity index (χ1n) is 5.58. The van der Waals surface area contributed by atoms with Crippen LogP contribution in [0.25, 0.3) is 0 Å². The second kappa shape index (κ2) is 5.87. The Balaban J connectivity index is 1.85. The highest BCUT2D eigenvalue weighted by molar-refractivity contribution is 7.99. The summed E-state index contributed by atoms with van der Waals surface area (Å²) in [5.74, 6) is 3.39. The molecule has 84 valence electrons. The highest BCUT2D eigenvalue weighted by Gasteiger charge is 2.27. The minimum atomic E-state index is 0.719. The van der Waals surface area contributed by atoms with Gasteiger partial charge in [0.1, 0.15) is 0 Å². The third-order valence-corrected chi connectivity index (χ3v) is 4.86. The summed E-state index contributed by atoms with van der Waals surface area (Å²) in [5, 5.41) is 3.66. The molecule has 1 saturated heterocycles. The molecular weight excluding hydrogens is 224 g/mol. The Labute approximate surface area is 99.9 Å². The fraction of sp³-hybridized carbons (Fsp3) is 0.727. The molecule has 0 bridgehead atoms. The van der Waals surface area contributed by atoms with Crippen LogP contribution in [-0.2, 0) is 6.42 Å². The molecule has 1 aromatic rings. The zero-order valence-corrected chi connectivity index (χ0v) is 10.7. The molecule has 1 N–H and O–H groups in total. The Morgan fingerprint density at radius 1 is 1.53 bits per heavy atom. The fourth-order valence-electron chi connectivity index (χ4n) is 1.96. The van der Waals surface area contributed by atoms with Crippen molar-refractivity contribution < 1.29 is 0 Å². The van der Waals surface area contributed by atoms with E-state index in [0.29, 0.717) is 0 Å². The first kappa shape index (κ1) is 11.4. The van der Waals surface area contributed by atoms with Crippen molar-refractivity contribution in [2.45, 2.75) is 25.8 Å². The molecule has 2 nitrogen and oxygen atoms in total. The van der Waals surface area contributed by atoms with E-state index in [9.17, 15) is 0 Å². The second-order valence-corrected chi connectivity index (χ2v) is 6.08. The fourth-order valence-corrected chi connectivity index (χ4v) is 4.08. The summed E-state index contributed by atoms with van der Waals surface area (Å²) in [4.78, 5) is 5.58. The van der Waals surface area contributed by atoms with Gasteiger partial charge in [-0.15, -0.1) is 11.3 Å². The Kier molecular flexibility index (Phi) is 4.47. The number of hydrogen-bond acceptors (Lipinski definition) is 4. The largest absolute Gasteiger partial charge is 0.313 e. The molecule has 15 heavy (non-hydrogen) atoms.